The van der Waals surface area contributed by atoms with Gasteiger partial charge in [-0.2, -0.15) is 0 Å². The van der Waals surface area contributed by atoms with E-state index in [1.807, 2.05) is 0 Å². The lowest BCUT2D eigenvalue weighted by Crippen LogP contribution is -2.30. The zero-order valence-corrected chi connectivity index (χ0v) is 8.78. The van der Waals surface area contributed by atoms with E-state index in [2.05, 4.69) is 0 Å². The Morgan fingerprint density at radius 2 is 2.07 bits per heavy atom. The zero-order chi connectivity index (χ0) is 11.4. The Hall–Kier alpha value is -1.13. The van der Waals surface area contributed by atoms with E-state index in [9.17, 15) is 14.0 Å². The van der Waals surface area contributed by atoms with Crippen molar-refractivity contribution >= 4 is 11.9 Å². The Kier molecular flexibility index (Phi) is 4.05. The summed E-state index contributed by atoms with van der Waals surface area (Å²) in [5, 5.41) is 8.55. The molecule has 4 nitrogen and oxygen atoms in total. The van der Waals surface area contributed by atoms with E-state index < -0.39 is 18.1 Å². The molecule has 0 aromatic rings. The van der Waals surface area contributed by atoms with Gasteiger partial charge in [-0.3, -0.25) is 4.79 Å². The molecule has 0 aromatic carbocycles. The number of halogens is 1. The maximum absolute atomic E-state index is 13.2. The highest BCUT2D eigenvalue weighted by atomic mass is 19.1. The number of alkyl halides is 1. The first-order chi connectivity index (χ1) is 7.02. The molecule has 0 spiro atoms. The number of aliphatic carboxylic acids is 1. The zero-order valence-electron chi connectivity index (χ0n) is 8.78. The number of likely N-dealkylation sites (tertiary alicyclic amines) is 1. The quantitative estimate of drug-likeness (QED) is 0.752. The molecule has 2 atom stereocenters. The minimum absolute atomic E-state index is 0.0265. The number of hydrogen-bond acceptors (Lipinski definition) is 2. The Bertz CT molecular complexity index is 257. The second-order valence-electron chi connectivity index (χ2n) is 3.94. The van der Waals surface area contributed by atoms with Gasteiger partial charge in [0.1, 0.15) is 0 Å². The summed E-state index contributed by atoms with van der Waals surface area (Å²) in [7, 11) is 0. The Labute approximate surface area is 88.1 Å². The Balaban J connectivity index is 2.52. The van der Waals surface area contributed by atoms with Crippen molar-refractivity contribution in [3.63, 3.8) is 0 Å². The lowest BCUT2D eigenvalue weighted by atomic mass is 9.95. The van der Waals surface area contributed by atoms with Gasteiger partial charge in [0.15, 0.2) is 6.17 Å². The van der Waals surface area contributed by atoms with Gasteiger partial charge in [-0.25, -0.2) is 9.18 Å². The summed E-state index contributed by atoms with van der Waals surface area (Å²) >= 11 is 0. The van der Waals surface area contributed by atoms with Crippen molar-refractivity contribution in [2.75, 3.05) is 13.1 Å². The normalized spacial score (nSPS) is 24.4. The largest absolute Gasteiger partial charge is 0.479 e. The Morgan fingerprint density at radius 1 is 1.40 bits per heavy atom. The minimum Gasteiger partial charge on any atom is -0.479 e. The van der Waals surface area contributed by atoms with Crippen LogP contribution in [0.4, 0.5) is 4.39 Å². The van der Waals surface area contributed by atoms with Crippen LogP contribution in [-0.2, 0) is 9.59 Å². The van der Waals surface area contributed by atoms with Crippen molar-refractivity contribution in [1.29, 1.82) is 0 Å². The van der Waals surface area contributed by atoms with Crippen molar-refractivity contribution in [3.8, 4) is 0 Å². The SMILES string of the molecule is CC(=O)N1CCCC(C(F)C(=O)O)CC1. The molecule has 1 N–H and O–H groups in total. The van der Waals surface area contributed by atoms with Crippen LogP contribution in [0.5, 0.6) is 0 Å². The number of amides is 1. The van der Waals surface area contributed by atoms with Crippen molar-refractivity contribution in [2.24, 2.45) is 5.92 Å². The van der Waals surface area contributed by atoms with Gasteiger partial charge in [0.05, 0.1) is 0 Å². The third-order valence-corrected chi connectivity index (χ3v) is 2.87. The number of carbonyl (C=O) groups excluding carboxylic acids is 1. The van der Waals surface area contributed by atoms with Crippen LogP contribution in [0, 0.1) is 5.92 Å². The van der Waals surface area contributed by atoms with E-state index in [1.54, 1.807) is 4.90 Å². The van der Waals surface area contributed by atoms with Gasteiger partial charge in [0, 0.05) is 25.9 Å². The summed E-state index contributed by atoms with van der Waals surface area (Å²) in [6.07, 6.45) is -0.140. The average Bonchev–Trinajstić information content (AvgIpc) is 2.41. The third-order valence-electron chi connectivity index (χ3n) is 2.87. The molecule has 0 aliphatic carbocycles. The van der Waals surface area contributed by atoms with Crippen LogP contribution < -0.4 is 0 Å². The first kappa shape index (κ1) is 11.9. The van der Waals surface area contributed by atoms with Crippen LogP contribution >= 0.6 is 0 Å². The molecule has 0 aromatic heterocycles. The molecule has 1 aliphatic rings. The van der Waals surface area contributed by atoms with E-state index in [0.29, 0.717) is 32.4 Å². The summed E-state index contributed by atoms with van der Waals surface area (Å²) in [5.41, 5.74) is 0. The molecule has 86 valence electrons. The van der Waals surface area contributed by atoms with Gasteiger partial charge >= 0.3 is 5.97 Å². The molecule has 15 heavy (non-hydrogen) atoms. The lowest BCUT2D eigenvalue weighted by molar-refractivity contribution is -0.145. The topological polar surface area (TPSA) is 57.6 Å². The average molecular weight is 217 g/mol. The molecule has 1 rings (SSSR count). The molecule has 5 heteroatoms. The van der Waals surface area contributed by atoms with Gasteiger partial charge in [-0.1, -0.05) is 0 Å². The van der Waals surface area contributed by atoms with Crippen LogP contribution in [-0.4, -0.2) is 41.1 Å². The summed E-state index contributed by atoms with van der Waals surface area (Å²) in [6.45, 7) is 2.55. The molecular formula is C10H16FNO3. The molecule has 1 fully saturated rings. The van der Waals surface area contributed by atoms with E-state index in [-0.39, 0.29) is 5.91 Å². The predicted molar refractivity (Wildman–Crippen MR) is 52.1 cm³/mol. The lowest BCUT2D eigenvalue weighted by Gasteiger charge is -2.18. The summed E-state index contributed by atoms with van der Waals surface area (Å²) in [5.74, 6) is -1.87. The van der Waals surface area contributed by atoms with Crippen molar-refractivity contribution in [3.05, 3.63) is 0 Å². The van der Waals surface area contributed by atoms with Crippen LogP contribution in [0.25, 0.3) is 0 Å². The molecule has 1 amide bonds. The summed E-state index contributed by atoms with van der Waals surface area (Å²) in [4.78, 5) is 23.2. The molecule has 1 aliphatic heterocycles. The fraction of sp³-hybridized carbons (Fsp3) is 0.800. The first-order valence-electron chi connectivity index (χ1n) is 5.14. The highest BCUT2D eigenvalue weighted by Crippen LogP contribution is 2.23. The fourth-order valence-electron chi connectivity index (χ4n) is 1.93. The second-order valence-corrected chi connectivity index (χ2v) is 3.94. The smallest absolute Gasteiger partial charge is 0.338 e. The van der Waals surface area contributed by atoms with Crippen molar-refractivity contribution < 1.29 is 19.1 Å². The molecule has 0 bridgehead atoms. The molecule has 1 saturated heterocycles. The highest BCUT2D eigenvalue weighted by Gasteiger charge is 2.29. The predicted octanol–water partition coefficient (Wildman–Crippen LogP) is 1.06. The molecule has 2 unspecified atom stereocenters. The molecular weight excluding hydrogens is 201 g/mol. The van der Waals surface area contributed by atoms with Gasteiger partial charge < -0.3 is 10.0 Å². The van der Waals surface area contributed by atoms with Crippen molar-refractivity contribution in [2.45, 2.75) is 32.4 Å². The Morgan fingerprint density at radius 3 is 2.60 bits per heavy atom. The van der Waals surface area contributed by atoms with Gasteiger partial charge in [0.2, 0.25) is 5.91 Å². The maximum Gasteiger partial charge on any atom is 0.338 e. The van der Waals surface area contributed by atoms with E-state index in [4.69, 9.17) is 5.11 Å². The number of carboxylic acids is 1. The molecule has 0 saturated carbocycles. The van der Waals surface area contributed by atoms with E-state index in [0.717, 1.165) is 0 Å². The van der Waals surface area contributed by atoms with Gasteiger partial charge in [-0.05, 0) is 19.3 Å². The van der Waals surface area contributed by atoms with Gasteiger partial charge in [-0.15, -0.1) is 0 Å². The molecule has 0 radical (unpaired) electrons. The number of rotatable bonds is 2. The number of nitrogens with zero attached hydrogens (tertiary/aromatic N) is 1. The van der Waals surface area contributed by atoms with Gasteiger partial charge in [0.25, 0.3) is 0 Å². The molecule has 1 heterocycles. The number of carboxylic acid groups (broad SMARTS) is 1. The second kappa shape index (κ2) is 5.09. The standard InChI is InChI=1S/C10H16FNO3/c1-7(13)12-5-2-3-8(4-6-12)9(11)10(14)15/h8-9H,2-6H2,1H3,(H,14,15). The van der Waals surface area contributed by atoms with Crippen LogP contribution in [0.3, 0.4) is 0 Å². The monoisotopic (exact) mass is 217 g/mol. The fourth-order valence-corrected chi connectivity index (χ4v) is 1.93. The third kappa shape index (κ3) is 3.18. The van der Waals surface area contributed by atoms with Crippen LogP contribution in [0.15, 0.2) is 0 Å². The van der Waals surface area contributed by atoms with Crippen LogP contribution in [0.2, 0.25) is 0 Å². The summed E-state index contributed by atoms with van der Waals surface area (Å²) in [6, 6.07) is 0. The van der Waals surface area contributed by atoms with Crippen molar-refractivity contribution in [1.82, 2.24) is 4.90 Å². The minimum atomic E-state index is -1.79. The maximum atomic E-state index is 13.2. The highest BCUT2D eigenvalue weighted by molar-refractivity contribution is 5.73. The summed E-state index contributed by atoms with van der Waals surface area (Å²) < 4.78 is 13.2. The number of carbonyl (C=O) groups is 2. The van der Waals surface area contributed by atoms with E-state index in [1.165, 1.54) is 6.92 Å². The first-order valence-corrected chi connectivity index (χ1v) is 5.14. The van der Waals surface area contributed by atoms with Crippen LogP contribution in [0.1, 0.15) is 26.2 Å². The van der Waals surface area contributed by atoms with E-state index >= 15 is 0 Å². The number of hydrogen-bond donors (Lipinski definition) is 1.